The maximum Gasteiger partial charge on any atom is 0.155 e. The highest BCUT2D eigenvalue weighted by Crippen LogP contribution is 2.50. The van der Waals surface area contributed by atoms with E-state index in [4.69, 9.17) is 16.3 Å². The molecule has 114 valence electrons. The van der Waals surface area contributed by atoms with Gasteiger partial charge >= 0.3 is 0 Å². The Hall–Kier alpha value is -0.920. The summed E-state index contributed by atoms with van der Waals surface area (Å²) >= 11 is 8.70. The highest BCUT2D eigenvalue weighted by atomic mass is 127. The molecule has 1 aromatic heterocycles. The predicted molar refractivity (Wildman–Crippen MR) is 94.9 cm³/mol. The third-order valence-electron chi connectivity index (χ3n) is 4.64. The van der Waals surface area contributed by atoms with Gasteiger partial charge in [0.15, 0.2) is 5.82 Å². The SMILES string of the molecule is Clc1cncnc1N1CC2(CCOCC2)c2ccc(I)cc21. The summed E-state index contributed by atoms with van der Waals surface area (Å²) in [6, 6.07) is 6.66. The third-order valence-corrected chi connectivity index (χ3v) is 5.57. The zero-order valence-electron chi connectivity index (χ0n) is 11.9. The van der Waals surface area contributed by atoms with Gasteiger partial charge in [0.25, 0.3) is 0 Å². The molecule has 3 heterocycles. The van der Waals surface area contributed by atoms with E-state index < -0.39 is 0 Å². The molecular weight excluding hydrogens is 413 g/mol. The van der Waals surface area contributed by atoms with Crippen LogP contribution in [0.5, 0.6) is 0 Å². The van der Waals surface area contributed by atoms with Crippen molar-refractivity contribution in [1.29, 1.82) is 0 Å². The topological polar surface area (TPSA) is 38.2 Å². The lowest BCUT2D eigenvalue weighted by Crippen LogP contribution is -2.37. The molecule has 0 radical (unpaired) electrons. The van der Waals surface area contributed by atoms with Crippen molar-refractivity contribution in [3.63, 3.8) is 0 Å². The van der Waals surface area contributed by atoms with Gasteiger partial charge < -0.3 is 9.64 Å². The first-order valence-corrected chi connectivity index (χ1v) is 8.76. The van der Waals surface area contributed by atoms with E-state index in [1.54, 1.807) is 12.5 Å². The van der Waals surface area contributed by atoms with Crippen LogP contribution in [-0.2, 0) is 10.2 Å². The second-order valence-corrected chi connectivity index (χ2v) is 7.49. The van der Waals surface area contributed by atoms with Gasteiger partial charge in [0.05, 0.1) is 6.20 Å². The van der Waals surface area contributed by atoms with E-state index in [1.807, 2.05) is 0 Å². The van der Waals surface area contributed by atoms with Crippen molar-refractivity contribution in [2.24, 2.45) is 0 Å². The van der Waals surface area contributed by atoms with Gasteiger partial charge in [-0.2, -0.15) is 0 Å². The molecule has 0 aliphatic carbocycles. The van der Waals surface area contributed by atoms with Crippen LogP contribution in [0.25, 0.3) is 0 Å². The van der Waals surface area contributed by atoms with E-state index in [1.165, 1.54) is 14.8 Å². The van der Waals surface area contributed by atoms with Crippen LogP contribution in [0.1, 0.15) is 18.4 Å². The molecule has 0 N–H and O–H groups in total. The Kier molecular flexibility index (Phi) is 3.74. The summed E-state index contributed by atoms with van der Waals surface area (Å²) in [7, 11) is 0. The summed E-state index contributed by atoms with van der Waals surface area (Å²) in [4.78, 5) is 10.7. The van der Waals surface area contributed by atoms with E-state index in [-0.39, 0.29) is 5.41 Å². The first-order valence-electron chi connectivity index (χ1n) is 7.30. The lowest BCUT2D eigenvalue weighted by molar-refractivity contribution is 0.0558. The Balaban J connectivity index is 1.86. The summed E-state index contributed by atoms with van der Waals surface area (Å²) in [5.41, 5.74) is 2.76. The Bertz CT molecular complexity index is 718. The second kappa shape index (κ2) is 5.62. The zero-order chi connectivity index (χ0) is 15.2. The number of aromatic nitrogens is 2. The molecule has 0 unspecified atom stereocenters. The molecule has 22 heavy (non-hydrogen) atoms. The monoisotopic (exact) mass is 427 g/mol. The molecule has 2 aliphatic heterocycles. The molecule has 2 aromatic rings. The number of hydrogen-bond donors (Lipinski definition) is 0. The van der Waals surface area contributed by atoms with Crippen LogP contribution in [0.3, 0.4) is 0 Å². The van der Waals surface area contributed by atoms with Crippen molar-refractivity contribution < 1.29 is 4.74 Å². The van der Waals surface area contributed by atoms with Gasteiger partial charge in [-0.05, 0) is 53.1 Å². The Morgan fingerprint density at radius 3 is 2.86 bits per heavy atom. The number of halogens is 2. The minimum Gasteiger partial charge on any atom is -0.381 e. The molecule has 1 spiro atoms. The molecular formula is C16H15ClIN3O. The summed E-state index contributed by atoms with van der Waals surface area (Å²) in [6.07, 6.45) is 5.30. The molecule has 2 aliphatic rings. The summed E-state index contributed by atoms with van der Waals surface area (Å²) < 4.78 is 6.81. The molecule has 0 amide bonds. The van der Waals surface area contributed by atoms with Crippen LogP contribution in [0, 0.1) is 3.57 Å². The number of nitrogens with zero attached hydrogens (tertiary/aromatic N) is 3. The Morgan fingerprint density at radius 1 is 1.27 bits per heavy atom. The third kappa shape index (κ3) is 2.30. The first-order chi connectivity index (χ1) is 10.7. The van der Waals surface area contributed by atoms with E-state index >= 15 is 0 Å². The van der Waals surface area contributed by atoms with E-state index in [0.29, 0.717) is 5.02 Å². The number of hydrogen-bond acceptors (Lipinski definition) is 4. The lowest BCUT2D eigenvalue weighted by Gasteiger charge is -2.34. The van der Waals surface area contributed by atoms with Crippen molar-refractivity contribution in [1.82, 2.24) is 9.97 Å². The molecule has 0 bridgehead atoms. The summed E-state index contributed by atoms with van der Waals surface area (Å²) in [5.74, 6) is 0.795. The maximum atomic E-state index is 6.34. The van der Waals surface area contributed by atoms with Gasteiger partial charge in [0, 0.05) is 34.4 Å². The van der Waals surface area contributed by atoms with Crippen LogP contribution < -0.4 is 4.90 Å². The number of anilines is 2. The zero-order valence-corrected chi connectivity index (χ0v) is 14.8. The normalized spacial score (nSPS) is 19.5. The van der Waals surface area contributed by atoms with Crippen molar-refractivity contribution in [2.75, 3.05) is 24.7 Å². The van der Waals surface area contributed by atoms with Crippen molar-refractivity contribution >= 4 is 45.7 Å². The fourth-order valence-corrected chi connectivity index (χ4v) is 4.21. The molecule has 1 aromatic carbocycles. The van der Waals surface area contributed by atoms with Gasteiger partial charge in [-0.3, -0.25) is 0 Å². The minimum atomic E-state index is 0.145. The van der Waals surface area contributed by atoms with Gasteiger partial charge in [-0.15, -0.1) is 0 Å². The van der Waals surface area contributed by atoms with Crippen molar-refractivity contribution in [3.05, 3.63) is 44.9 Å². The van der Waals surface area contributed by atoms with Gasteiger partial charge in [0.2, 0.25) is 0 Å². The fourth-order valence-electron chi connectivity index (χ4n) is 3.53. The molecule has 4 nitrogen and oxygen atoms in total. The number of fused-ring (bicyclic) bond motifs is 2. The smallest absolute Gasteiger partial charge is 0.155 e. The molecule has 1 fully saturated rings. The summed E-state index contributed by atoms with van der Waals surface area (Å²) in [5, 5.41) is 0.594. The van der Waals surface area contributed by atoms with Crippen LogP contribution in [0.2, 0.25) is 5.02 Å². The summed E-state index contributed by atoms with van der Waals surface area (Å²) in [6.45, 7) is 2.54. The maximum absolute atomic E-state index is 6.34. The van der Waals surface area contributed by atoms with Crippen LogP contribution in [0.15, 0.2) is 30.7 Å². The highest BCUT2D eigenvalue weighted by molar-refractivity contribution is 14.1. The van der Waals surface area contributed by atoms with E-state index in [0.717, 1.165) is 38.4 Å². The fraction of sp³-hybridized carbons (Fsp3) is 0.375. The average molecular weight is 428 g/mol. The van der Waals surface area contributed by atoms with Crippen LogP contribution in [-0.4, -0.2) is 29.7 Å². The second-order valence-electron chi connectivity index (χ2n) is 5.83. The molecule has 4 rings (SSSR count). The van der Waals surface area contributed by atoms with Crippen molar-refractivity contribution in [2.45, 2.75) is 18.3 Å². The molecule has 6 heteroatoms. The Morgan fingerprint density at radius 2 is 2.09 bits per heavy atom. The van der Waals surface area contributed by atoms with Gasteiger partial charge in [-0.25, -0.2) is 9.97 Å². The average Bonchev–Trinajstić information content (AvgIpc) is 2.82. The van der Waals surface area contributed by atoms with Gasteiger partial charge in [-0.1, -0.05) is 17.7 Å². The number of ether oxygens (including phenoxy) is 1. The molecule has 0 atom stereocenters. The van der Waals surface area contributed by atoms with E-state index in [9.17, 15) is 0 Å². The standard InChI is InChI=1S/C16H15ClIN3O/c17-13-8-19-10-20-15(13)21-9-16(3-5-22-6-4-16)12-2-1-11(18)7-14(12)21/h1-2,7-8,10H,3-6,9H2. The van der Waals surface area contributed by atoms with Gasteiger partial charge in [0.1, 0.15) is 11.3 Å². The van der Waals surface area contributed by atoms with Crippen LogP contribution in [0.4, 0.5) is 11.5 Å². The van der Waals surface area contributed by atoms with Crippen LogP contribution >= 0.6 is 34.2 Å². The minimum absolute atomic E-state index is 0.145. The quantitative estimate of drug-likeness (QED) is 0.646. The lowest BCUT2D eigenvalue weighted by atomic mass is 9.76. The van der Waals surface area contributed by atoms with Crippen molar-refractivity contribution in [3.8, 4) is 0 Å². The largest absolute Gasteiger partial charge is 0.381 e. The highest BCUT2D eigenvalue weighted by Gasteiger charge is 2.44. The molecule has 1 saturated heterocycles. The number of rotatable bonds is 1. The molecule has 0 saturated carbocycles. The van der Waals surface area contributed by atoms with E-state index in [2.05, 4.69) is 55.7 Å². The number of benzene rings is 1. The first kappa shape index (κ1) is 14.7. The predicted octanol–water partition coefficient (Wildman–Crippen LogP) is 3.93. The Labute approximate surface area is 148 Å².